The van der Waals surface area contributed by atoms with E-state index in [2.05, 4.69) is 19.1 Å². The minimum absolute atomic E-state index is 0.0498. The van der Waals surface area contributed by atoms with Crippen LogP contribution in [0.25, 0.3) is 0 Å². The molecule has 0 unspecified atom stereocenters. The molecule has 1 aromatic rings. The number of amides is 1. The van der Waals surface area contributed by atoms with Gasteiger partial charge in [-0.05, 0) is 44.2 Å². The van der Waals surface area contributed by atoms with Gasteiger partial charge in [-0.15, -0.1) is 0 Å². The number of carbonyl (C=O) groups is 2. The first-order valence-corrected chi connectivity index (χ1v) is 7.61. The zero-order valence-electron chi connectivity index (χ0n) is 12.8. The van der Waals surface area contributed by atoms with Gasteiger partial charge in [0.15, 0.2) is 0 Å². The van der Waals surface area contributed by atoms with Gasteiger partial charge in [-0.2, -0.15) is 0 Å². The minimum atomic E-state index is -0.311. The quantitative estimate of drug-likeness (QED) is 0.724. The van der Waals surface area contributed by atoms with Gasteiger partial charge in [-0.3, -0.25) is 9.59 Å². The van der Waals surface area contributed by atoms with Crippen molar-refractivity contribution in [2.75, 3.05) is 13.2 Å². The maximum absolute atomic E-state index is 12.4. The Kier molecular flexibility index (Phi) is 5.37. The van der Waals surface area contributed by atoms with Crippen molar-refractivity contribution in [3.8, 4) is 0 Å². The molecule has 1 saturated carbocycles. The molecule has 0 bridgehead atoms. The fourth-order valence-electron chi connectivity index (χ4n) is 2.43. The van der Waals surface area contributed by atoms with E-state index >= 15 is 0 Å². The molecule has 1 aromatic carbocycles. The lowest BCUT2D eigenvalue weighted by molar-refractivity contribution is -0.149. The van der Waals surface area contributed by atoms with Gasteiger partial charge in [0.05, 0.1) is 6.61 Å². The summed E-state index contributed by atoms with van der Waals surface area (Å²) in [4.78, 5) is 25.7. The van der Waals surface area contributed by atoms with E-state index in [1.807, 2.05) is 12.1 Å². The van der Waals surface area contributed by atoms with E-state index in [-0.39, 0.29) is 24.5 Å². The summed E-state index contributed by atoms with van der Waals surface area (Å²) in [6.45, 7) is 4.27. The molecular weight excluding hydrogens is 266 g/mol. The van der Waals surface area contributed by atoms with Crippen LogP contribution in [-0.4, -0.2) is 36.0 Å². The van der Waals surface area contributed by atoms with Crippen molar-refractivity contribution in [2.45, 2.75) is 45.6 Å². The standard InChI is InChI=1S/C17H23NO3/c1-3-21-17(20)12-18(15-9-10-15)16(19)11-8-14-7-5-4-6-13(14)2/h4-7,15H,3,8-12H2,1-2H3. The molecule has 4 nitrogen and oxygen atoms in total. The van der Waals surface area contributed by atoms with E-state index < -0.39 is 0 Å². The van der Waals surface area contributed by atoms with Gasteiger partial charge < -0.3 is 9.64 Å². The molecule has 0 atom stereocenters. The fourth-order valence-corrected chi connectivity index (χ4v) is 2.43. The molecule has 1 aliphatic rings. The molecule has 0 N–H and O–H groups in total. The Morgan fingerprint density at radius 1 is 1.29 bits per heavy atom. The van der Waals surface area contributed by atoms with Crippen LogP contribution in [0.15, 0.2) is 24.3 Å². The maximum Gasteiger partial charge on any atom is 0.325 e. The molecule has 1 amide bonds. The van der Waals surface area contributed by atoms with Crippen LogP contribution in [0.5, 0.6) is 0 Å². The molecule has 114 valence electrons. The Morgan fingerprint density at radius 2 is 2.00 bits per heavy atom. The molecule has 0 heterocycles. The first kappa shape index (κ1) is 15.5. The van der Waals surface area contributed by atoms with Gasteiger partial charge in [-0.1, -0.05) is 24.3 Å². The Morgan fingerprint density at radius 3 is 2.62 bits per heavy atom. The summed E-state index contributed by atoms with van der Waals surface area (Å²) in [6, 6.07) is 8.33. The van der Waals surface area contributed by atoms with Crippen LogP contribution in [0.1, 0.15) is 37.3 Å². The highest BCUT2D eigenvalue weighted by Gasteiger charge is 2.33. The van der Waals surface area contributed by atoms with Crippen molar-refractivity contribution < 1.29 is 14.3 Å². The number of rotatable bonds is 7. The summed E-state index contributed by atoms with van der Waals surface area (Å²) in [5, 5.41) is 0. The smallest absolute Gasteiger partial charge is 0.325 e. The lowest BCUT2D eigenvalue weighted by Gasteiger charge is -2.21. The third-order valence-electron chi connectivity index (χ3n) is 3.78. The van der Waals surface area contributed by atoms with Crippen LogP contribution in [0.2, 0.25) is 0 Å². The highest BCUT2D eigenvalue weighted by atomic mass is 16.5. The van der Waals surface area contributed by atoms with Crippen molar-refractivity contribution in [1.29, 1.82) is 0 Å². The van der Waals surface area contributed by atoms with Crippen LogP contribution < -0.4 is 0 Å². The minimum Gasteiger partial charge on any atom is -0.465 e. The number of aryl methyl sites for hydroxylation is 2. The van der Waals surface area contributed by atoms with Crippen molar-refractivity contribution in [1.82, 2.24) is 4.90 Å². The second kappa shape index (κ2) is 7.25. The molecule has 0 spiro atoms. The van der Waals surface area contributed by atoms with E-state index in [1.165, 1.54) is 11.1 Å². The summed E-state index contributed by atoms with van der Waals surface area (Å²) < 4.78 is 4.95. The second-order valence-corrected chi connectivity index (χ2v) is 5.48. The lowest BCUT2D eigenvalue weighted by atomic mass is 10.0. The van der Waals surface area contributed by atoms with Crippen LogP contribution in [0.4, 0.5) is 0 Å². The number of nitrogens with zero attached hydrogens (tertiary/aromatic N) is 1. The Bertz CT molecular complexity index is 509. The second-order valence-electron chi connectivity index (χ2n) is 5.48. The van der Waals surface area contributed by atoms with Crippen molar-refractivity contribution >= 4 is 11.9 Å². The van der Waals surface area contributed by atoms with E-state index in [9.17, 15) is 9.59 Å². The van der Waals surface area contributed by atoms with E-state index in [0.29, 0.717) is 13.0 Å². The third kappa shape index (κ3) is 4.59. The summed E-state index contributed by atoms with van der Waals surface area (Å²) in [5.41, 5.74) is 2.39. The van der Waals surface area contributed by atoms with E-state index in [1.54, 1.807) is 11.8 Å². The number of hydrogen-bond donors (Lipinski definition) is 0. The zero-order chi connectivity index (χ0) is 15.2. The summed E-state index contributed by atoms with van der Waals surface area (Å²) >= 11 is 0. The number of ether oxygens (including phenoxy) is 1. The van der Waals surface area contributed by atoms with E-state index in [4.69, 9.17) is 4.74 Å². The average molecular weight is 289 g/mol. The van der Waals surface area contributed by atoms with E-state index in [0.717, 1.165) is 19.3 Å². The number of esters is 1. The van der Waals surface area contributed by atoms with Gasteiger partial charge in [0.2, 0.25) is 5.91 Å². The highest BCUT2D eigenvalue weighted by Crippen LogP contribution is 2.27. The van der Waals surface area contributed by atoms with Crippen molar-refractivity contribution in [3.05, 3.63) is 35.4 Å². The Labute approximate surface area is 126 Å². The van der Waals surface area contributed by atoms with Crippen LogP contribution in [-0.2, 0) is 20.7 Å². The third-order valence-corrected chi connectivity index (χ3v) is 3.78. The molecule has 0 aromatic heterocycles. The number of carbonyl (C=O) groups excluding carboxylic acids is 2. The maximum atomic E-state index is 12.4. The van der Waals surface area contributed by atoms with Crippen LogP contribution >= 0.6 is 0 Å². The first-order chi connectivity index (χ1) is 10.1. The molecule has 0 saturated heterocycles. The molecule has 4 heteroatoms. The van der Waals surface area contributed by atoms with Crippen molar-refractivity contribution in [3.63, 3.8) is 0 Å². The molecule has 0 aliphatic heterocycles. The fraction of sp³-hybridized carbons (Fsp3) is 0.529. The largest absolute Gasteiger partial charge is 0.465 e. The van der Waals surface area contributed by atoms with Gasteiger partial charge in [0.1, 0.15) is 6.54 Å². The zero-order valence-corrected chi connectivity index (χ0v) is 12.8. The first-order valence-electron chi connectivity index (χ1n) is 7.61. The van der Waals surface area contributed by atoms with Gasteiger partial charge >= 0.3 is 5.97 Å². The molecule has 2 rings (SSSR count). The Balaban J connectivity index is 1.90. The van der Waals surface area contributed by atoms with Gasteiger partial charge in [-0.25, -0.2) is 0 Å². The average Bonchev–Trinajstić information content (AvgIpc) is 3.28. The summed E-state index contributed by atoms with van der Waals surface area (Å²) in [5.74, 6) is -0.262. The molecule has 1 fully saturated rings. The lowest BCUT2D eigenvalue weighted by Crippen LogP contribution is -2.38. The van der Waals surface area contributed by atoms with Crippen LogP contribution in [0.3, 0.4) is 0 Å². The predicted octanol–water partition coefficient (Wildman–Crippen LogP) is 2.48. The van der Waals surface area contributed by atoms with Gasteiger partial charge in [0.25, 0.3) is 0 Å². The molecular formula is C17H23NO3. The molecule has 0 radical (unpaired) electrons. The summed E-state index contributed by atoms with van der Waals surface area (Å²) in [6.07, 6.45) is 3.16. The molecule has 21 heavy (non-hydrogen) atoms. The topological polar surface area (TPSA) is 46.6 Å². The Hall–Kier alpha value is -1.84. The summed E-state index contributed by atoms with van der Waals surface area (Å²) in [7, 11) is 0. The SMILES string of the molecule is CCOC(=O)CN(C(=O)CCc1ccccc1C)C1CC1. The van der Waals surface area contributed by atoms with Crippen molar-refractivity contribution in [2.24, 2.45) is 0 Å². The number of hydrogen-bond acceptors (Lipinski definition) is 3. The highest BCUT2D eigenvalue weighted by molar-refractivity contribution is 5.82. The normalized spacial score (nSPS) is 13.8. The number of benzene rings is 1. The predicted molar refractivity (Wildman–Crippen MR) is 80.9 cm³/mol. The van der Waals surface area contributed by atoms with Gasteiger partial charge in [0, 0.05) is 12.5 Å². The van der Waals surface area contributed by atoms with Crippen LogP contribution in [0, 0.1) is 6.92 Å². The monoisotopic (exact) mass is 289 g/mol. The molecule has 1 aliphatic carbocycles.